The molecule has 1 N–H and O–H groups in total. The van der Waals surface area contributed by atoms with Crippen molar-refractivity contribution in [3.05, 3.63) is 23.4 Å². The van der Waals surface area contributed by atoms with E-state index >= 15 is 0 Å². The molecular formula is C23H35N3O3. The Morgan fingerprint density at radius 1 is 1.07 bits per heavy atom. The van der Waals surface area contributed by atoms with E-state index in [0.29, 0.717) is 6.61 Å². The van der Waals surface area contributed by atoms with Crippen molar-refractivity contribution in [1.82, 2.24) is 9.88 Å². The number of hydrogen-bond acceptors (Lipinski definition) is 6. The van der Waals surface area contributed by atoms with Crippen molar-refractivity contribution in [3.63, 3.8) is 0 Å². The fourth-order valence-corrected chi connectivity index (χ4v) is 4.04. The molecule has 0 bridgehead atoms. The van der Waals surface area contributed by atoms with Gasteiger partial charge in [0.05, 0.1) is 25.8 Å². The van der Waals surface area contributed by atoms with Gasteiger partial charge in [0.2, 0.25) is 0 Å². The summed E-state index contributed by atoms with van der Waals surface area (Å²) >= 11 is 0. The summed E-state index contributed by atoms with van der Waals surface area (Å²) in [5.41, 5.74) is 4.78. The summed E-state index contributed by atoms with van der Waals surface area (Å²) in [7, 11) is 3.44. The first kappa shape index (κ1) is 21.7. The Labute approximate surface area is 174 Å². The van der Waals surface area contributed by atoms with Crippen LogP contribution in [-0.2, 0) is 17.6 Å². The second-order valence-electron chi connectivity index (χ2n) is 7.45. The lowest BCUT2D eigenvalue weighted by Crippen LogP contribution is -2.29. The van der Waals surface area contributed by atoms with Crippen molar-refractivity contribution in [2.24, 2.45) is 0 Å². The van der Waals surface area contributed by atoms with E-state index in [9.17, 15) is 0 Å². The van der Waals surface area contributed by atoms with Gasteiger partial charge in [0.1, 0.15) is 0 Å². The predicted octanol–water partition coefficient (Wildman–Crippen LogP) is 3.90. The van der Waals surface area contributed by atoms with Gasteiger partial charge in [0, 0.05) is 49.6 Å². The van der Waals surface area contributed by atoms with Crippen LogP contribution in [0, 0.1) is 0 Å². The number of likely N-dealkylation sites (N-methyl/N-ethyl adjacent to an activating group) is 1. The number of rotatable bonds is 12. The maximum absolute atomic E-state index is 6.11. The minimum Gasteiger partial charge on any atom is -0.493 e. The van der Waals surface area contributed by atoms with Crippen LogP contribution in [0.2, 0.25) is 0 Å². The highest BCUT2D eigenvalue weighted by Gasteiger charge is 2.21. The first-order valence-electron chi connectivity index (χ1n) is 10.8. The van der Waals surface area contributed by atoms with Crippen LogP contribution >= 0.6 is 0 Å². The Morgan fingerprint density at radius 2 is 1.93 bits per heavy atom. The van der Waals surface area contributed by atoms with Crippen molar-refractivity contribution in [1.29, 1.82) is 0 Å². The second-order valence-corrected chi connectivity index (χ2v) is 7.45. The normalized spacial score (nSPS) is 13.1. The lowest BCUT2D eigenvalue weighted by molar-refractivity contribution is 0.145. The molecule has 0 amide bonds. The van der Waals surface area contributed by atoms with E-state index in [1.165, 1.54) is 23.4 Å². The maximum Gasteiger partial charge on any atom is 0.163 e. The molecule has 6 heteroatoms. The average molecular weight is 402 g/mol. The number of nitrogens with zero attached hydrogens (tertiary/aromatic N) is 2. The van der Waals surface area contributed by atoms with Crippen molar-refractivity contribution in [3.8, 4) is 11.5 Å². The standard InChI is InChI=1S/C23H35N3O3/c1-5-24-23-17-9-7-10-19(17)25-20-16-22(21(28-4)15-18(20)23)29-13-8-11-26(6-2)12-14-27-3/h15-16H,5-14H2,1-4H3,(H,24,25). The number of pyridine rings is 1. The van der Waals surface area contributed by atoms with E-state index in [4.69, 9.17) is 19.2 Å². The summed E-state index contributed by atoms with van der Waals surface area (Å²) < 4.78 is 16.9. The van der Waals surface area contributed by atoms with E-state index in [0.717, 1.165) is 74.5 Å². The topological polar surface area (TPSA) is 55.9 Å². The predicted molar refractivity (Wildman–Crippen MR) is 119 cm³/mol. The van der Waals surface area contributed by atoms with Gasteiger partial charge in [0.15, 0.2) is 11.5 Å². The van der Waals surface area contributed by atoms with Gasteiger partial charge >= 0.3 is 0 Å². The van der Waals surface area contributed by atoms with Gasteiger partial charge in [-0.25, -0.2) is 0 Å². The number of aryl methyl sites for hydroxylation is 1. The highest BCUT2D eigenvalue weighted by atomic mass is 16.5. The Kier molecular flexibility index (Phi) is 7.95. The fourth-order valence-electron chi connectivity index (χ4n) is 4.04. The third kappa shape index (κ3) is 5.11. The van der Waals surface area contributed by atoms with Crippen molar-refractivity contribution in [2.45, 2.75) is 39.5 Å². The maximum atomic E-state index is 6.11. The highest BCUT2D eigenvalue weighted by molar-refractivity contribution is 5.96. The lowest BCUT2D eigenvalue weighted by Gasteiger charge is -2.20. The Balaban J connectivity index is 1.75. The second kappa shape index (κ2) is 10.6. The van der Waals surface area contributed by atoms with Crippen LogP contribution in [0.5, 0.6) is 11.5 Å². The van der Waals surface area contributed by atoms with Crippen molar-refractivity contribution in [2.75, 3.05) is 58.9 Å². The lowest BCUT2D eigenvalue weighted by atomic mass is 10.1. The summed E-state index contributed by atoms with van der Waals surface area (Å²) in [6, 6.07) is 4.11. The molecule has 1 aromatic carbocycles. The molecule has 0 saturated carbocycles. The molecule has 0 saturated heterocycles. The Hall–Kier alpha value is -2.05. The van der Waals surface area contributed by atoms with Gasteiger partial charge in [-0.3, -0.25) is 4.98 Å². The molecule has 6 nitrogen and oxygen atoms in total. The highest BCUT2D eigenvalue weighted by Crippen LogP contribution is 2.39. The van der Waals surface area contributed by atoms with E-state index in [2.05, 4.69) is 30.1 Å². The number of hydrogen-bond donors (Lipinski definition) is 1. The minimum atomic E-state index is 0.649. The number of ether oxygens (including phenoxy) is 3. The number of anilines is 1. The van der Waals surface area contributed by atoms with Crippen LogP contribution in [0.4, 0.5) is 5.69 Å². The van der Waals surface area contributed by atoms with Crippen LogP contribution < -0.4 is 14.8 Å². The molecule has 3 rings (SSSR count). The molecule has 0 aliphatic heterocycles. The number of benzene rings is 1. The van der Waals surface area contributed by atoms with Gasteiger partial charge in [-0.2, -0.15) is 0 Å². The molecule has 0 fully saturated rings. The monoisotopic (exact) mass is 401 g/mol. The van der Waals surface area contributed by atoms with E-state index in [1.807, 2.05) is 6.07 Å². The largest absolute Gasteiger partial charge is 0.493 e. The number of aromatic nitrogens is 1. The molecule has 0 spiro atoms. The van der Waals surface area contributed by atoms with Gasteiger partial charge in [-0.1, -0.05) is 6.92 Å². The van der Waals surface area contributed by atoms with Crippen LogP contribution in [0.3, 0.4) is 0 Å². The molecule has 2 aromatic rings. The molecule has 1 aliphatic carbocycles. The zero-order valence-corrected chi connectivity index (χ0v) is 18.3. The molecule has 0 radical (unpaired) electrons. The summed E-state index contributed by atoms with van der Waals surface area (Å²) in [6.07, 6.45) is 4.28. The quantitative estimate of drug-likeness (QED) is 0.545. The van der Waals surface area contributed by atoms with E-state index in [1.54, 1.807) is 14.2 Å². The van der Waals surface area contributed by atoms with Crippen LogP contribution in [0.15, 0.2) is 12.1 Å². The molecule has 1 aromatic heterocycles. The molecule has 0 unspecified atom stereocenters. The third-order valence-corrected chi connectivity index (χ3v) is 5.59. The van der Waals surface area contributed by atoms with E-state index in [-0.39, 0.29) is 0 Å². The van der Waals surface area contributed by atoms with Gasteiger partial charge < -0.3 is 24.4 Å². The number of fused-ring (bicyclic) bond motifs is 2. The van der Waals surface area contributed by atoms with Gasteiger partial charge in [0.25, 0.3) is 0 Å². The van der Waals surface area contributed by atoms with Crippen molar-refractivity contribution < 1.29 is 14.2 Å². The number of methoxy groups -OCH3 is 2. The first-order valence-corrected chi connectivity index (χ1v) is 10.8. The first-order chi connectivity index (χ1) is 14.2. The smallest absolute Gasteiger partial charge is 0.163 e. The minimum absolute atomic E-state index is 0.649. The van der Waals surface area contributed by atoms with Gasteiger partial charge in [-0.05, 0) is 50.8 Å². The van der Waals surface area contributed by atoms with E-state index < -0.39 is 0 Å². The molecule has 160 valence electrons. The summed E-state index contributed by atoms with van der Waals surface area (Å²) in [6.45, 7) is 9.58. The van der Waals surface area contributed by atoms with Gasteiger partial charge in [-0.15, -0.1) is 0 Å². The molecular weight excluding hydrogens is 366 g/mol. The summed E-state index contributed by atoms with van der Waals surface area (Å²) in [5, 5.41) is 4.68. The van der Waals surface area contributed by atoms with Crippen LogP contribution in [-0.4, -0.2) is 63.5 Å². The summed E-state index contributed by atoms with van der Waals surface area (Å²) in [4.78, 5) is 7.31. The fraction of sp³-hybridized carbons (Fsp3) is 0.609. The Morgan fingerprint density at radius 3 is 2.66 bits per heavy atom. The van der Waals surface area contributed by atoms with Crippen LogP contribution in [0.25, 0.3) is 10.9 Å². The van der Waals surface area contributed by atoms with Crippen molar-refractivity contribution >= 4 is 16.6 Å². The third-order valence-electron chi connectivity index (χ3n) is 5.59. The zero-order chi connectivity index (χ0) is 20.6. The average Bonchev–Trinajstić information content (AvgIpc) is 3.21. The molecule has 1 heterocycles. The molecule has 0 atom stereocenters. The zero-order valence-electron chi connectivity index (χ0n) is 18.3. The molecule has 29 heavy (non-hydrogen) atoms. The summed E-state index contributed by atoms with van der Waals surface area (Å²) in [5.74, 6) is 1.54. The number of nitrogens with one attached hydrogen (secondary N) is 1. The Bertz CT molecular complexity index is 810. The SMILES string of the molecule is CCNc1c2c(nc3cc(OCCCN(CC)CCOC)c(OC)cc13)CCC2. The molecule has 1 aliphatic rings. The van der Waals surface area contributed by atoms with Crippen LogP contribution in [0.1, 0.15) is 37.9 Å².